The fraction of sp³-hybridized carbons (Fsp3) is 0.745. The molecule has 4 aliphatic carbocycles. The topological polar surface area (TPSA) is 74.2 Å². The number of aliphatic hydroxyl groups is 1. The van der Waals surface area contributed by atoms with Crippen molar-refractivity contribution in [2.75, 3.05) is 27.4 Å². The lowest BCUT2D eigenvalue weighted by Gasteiger charge is -2.37. The number of ether oxygens (including phenoxy) is 2. The van der Waals surface area contributed by atoms with E-state index >= 15 is 0 Å². The minimum atomic E-state index is -1.70. The van der Waals surface area contributed by atoms with Crippen LogP contribution in [-0.2, 0) is 39.3 Å². The van der Waals surface area contributed by atoms with E-state index in [4.69, 9.17) is 18.3 Å². The van der Waals surface area contributed by atoms with Crippen LogP contribution in [0.5, 0.6) is 11.5 Å². The number of aliphatic hydroxyl groups excluding tert-OH is 1. The van der Waals surface area contributed by atoms with Crippen molar-refractivity contribution < 1.29 is 28.2 Å². The molecule has 2 aromatic rings. The highest BCUT2D eigenvalue weighted by Gasteiger charge is 2.46. The Morgan fingerprint density at radius 3 is 1.61 bits per heavy atom. The van der Waals surface area contributed by atoms with Crippen molar-refractivity contribution in [2.24, 2.45) is 47.3 Å². The SMILES string of the molecule is C.COc1cccc2c1C[C@H]1CC(=O)C(CC[C@@H](C)CO[Si](C)(C)C(C)(C)C)[C@H]1C2.COc1cccc2c1C[C@H]1C[C@@H](O)[C@H](CC[C@@H](C)CO[Si](C)(C)C(C)(C)C)[C@H]1C2. The van der Waals surface area contributed by atoms with Crippen LogP contribution < -0.4 is 9.47 Å². The largest absolute Gasteiger partial charge is 0.496 e. The maximum Gasteiger partial charge on any atom is 0.191 e. The number of benzene rings is 2. The van der Waals surface area contributed by atoms with E-state index in [1.54, 1.807) is 14.2 Å². The number of hydrogen-bond donors (Lipinski definition) is 1. The molecule has 2 fully saturated rings. The van der Waals surface area contributed by atoms with Gasteiger partial charge in [-0.05, 0) is 170 Å². The van der Waals surface area contributed by atoms with Crippen molar-refractivity contribution in [3.63, 3.8) is 0 Å². The Balaban J connectivity index is 0.000000256. The Morgan fingerprint density at radius 1 is 0.678 bits per heavy atom. The highest BCUT2D eigenvalue weighted by Crippen LogP contribution is 2.49. The molecule has 0 aliphatic heterocycles. The molecule has 6 rings (SSSR count). The fourth-order valence-corrected chi connectivity index (χ4v) is 12.3. The molecule has 1 unspecified atom stereocenters. The Labute approximate surface area is 363 Å². The smallest absolute Gasteiger partial charge is 0.191 e. The zero-order valence-electron chi connectivity index (χ0n) is 39.1. The van der Waals surface area contributed by atoms with Crippen molar-refractivity contribution in [3.8, 4) is 11.5 Å². The first-order valence-corrected chi connectivity index (χ1v) is 28.7. The molecule has 2 saturated carbocycles. The molecule has 9 atom stereocenters. The predicted molar refractivity (Wildman–Crippen MR) is 252 cm³/mol. The Kier molecular flexibility index (Phi) is 16.9. The molecular weight excluding hydrogens is 765 g/mol. The third-order valence-electron chi connectivity index (χ3n) is 16.0. The average molecular weight is 851 g/mol. The lowest BCUT2D eigenvalue weighted by atomic mass is 9.73. The van der Waals surface area contributed by atoms with Crippen LogP contribution in [-0.4, -0.2) is 61.1 Å². The molecule has 0 bridgehead atoms. The van der Waals surface area contributed by atoms with E-state index in [-0.39, 0.29) is 29.5 Å². The van der Waals surface area contributed by atoms with Gasteiger partial charge in [-0.1, -0.05) is 87.1 Å². The van der Waals surface area contributed by atoms with E-state index in [0.717, 1.165) is 88.9 Å². The second kappa shape index (κ2) is 20.0. The number of ketones is 1. The van der Waals surface area contributed by atoms with Crippen molar-refractivity contribution in [1.29, 1.82) is 0 Å². The first kappa shape index (κ1) is 49.7. The number of carbonyl (C=O) groups excluding carboxylic acids is 1. The minimum absolute atomic E-state index is 0. The van der Waals surface area contributed by atoms with Gasteiger partial charge in [0.15, 0.2) is 16.6 Å². The lowest BCUT2D eigenvalue weighted by Crippen LogP contribution is -2.41. The van der Waals surface area contributed by atoms with Gasteiger partial charge in [0.2, 0.25) is 0 Å². The van der Waals surface area contributed by atoms with Crippen molar-refractivity contribution in [2.45, 2.75) is 169 Å². The Morgan fingerprint density at radius 2 is 1.14 bits per heavy atom. The third-order valence-corrected chi connectivity index (χ3v) is 25.0. The van der Waals surface area contributed by atoms with Gasteiger partial charge in [0.1, 0.15) is 17.3 Å². The van der Waals surface area contributed by atoms with Gasteiger partial charge >= 0.3 is 0 Å². The van der Waals surface area contributed by atoms with Crippen LogP contribution in [0.1, 0.15) is 124 Å². The highest BCUT2D eigenvalue weighted by atomic mass is 28.4. The molecule has 4 aliphatic rings. The zero-order valence-corrected chi connectivity index (χ0v) is 41.1. The predicted octanol–water partition coefficient (Wildman–Crippen LogP) is 12.5. The highest BCUT2D eigenvalue weighted by molar-refractivity contribution is 6.74. The minimum Gasteiger partial charge on any atom is -0.496 e. The van der Waals surface area contributed by atoms with E-state index in [9.17, 15) is 9.90 Å². The molecule has 0 aromatic heterocycles. The second-order valence-electron chi connectivity index (χ2n) is 22.1. The molecule has 0 amide bonds. The summed E-state index contributed by atoms with van der Waals surface area (Å²) in [5.41, 5.74) is 5.53. The maximum absolute atomic E-state index is 12.9. The van der Waals surface area contributed by atoms with Crippen LogP contribution >= 0.6 is 0 Å². The summed E-state index contributed by atoms with van der Waals surface area (Å²) in [5.74, 6) is 6.43. The van der Waals surface area contributed by atoms with Crippen LogP contribution in [0.25, 0.3) is 0 Å². The Bertz CT molecular complexity index is 1670. The van der Waals surface area contributed by atoms with E-state index in [1.807, 2.05) is 0 Å². The first-order chi connectivity index (χ1) is 27.1. The van der Waals surface area contributed by atoms with Crippen LogP contribution in [0.3, 0.4) is 0 Å². The molecule has 334 valence electrons. The molecule has 0 spiro atoms. The number of fused-ring (bicyclic) bond motifs is 4. The number of methoxy groups -OCH3 is 2. The standard InChI is InChI=1S/C25H42O3Si.C25H40O3Si.CH4/c2*1-17(16-28-29(6,7)25(2,3)4)11-12-20-21-13-18-9-8-10-24(27-5)22(18)14-19(21)15-23(20)26;/h8-10,17,19-21,23,26H,11-16H2,1-7H3;8-10,17,19-21H,11-16H2,1-7H3;1H4/t17-,19+,20-,21+,23-;17-,19+,20?,21+;/m11./s1. The van der Waals surface area contributed by atoms with Gasteiger partial charge in [-0.2, -0.15) is 0 Å². The third kappa shape index (κ3) is 11.7. The molecule has 59 heavy (non-hydrogen) atoms. The summed E-state index contributed by atoms with van der Waals surface area (Å²) >= 11 is 0. The van der Waals surface area contributed by atoms with Crippen molar-refractivity contribution in [3.05, 3.63) is 58.7 Å². The van der Waals surface area contributed by atoms with Gasteiger partial charge in [0.25, 0.3) is 0 Å². The number of carbonyl (C=O) groups is 1. The van der Waals surface area contributed by atoms with E-state index in [0.29, 0.717) is 47.2 Å². The monoisotopic (exact) mass is 851 g/mol. The molecule has 0 radical (unpaired) electrons. The molecule has 8 heteroatoms. The molecule has 6 nitrogen and oxygen atoms in total. The molecule has 2 aromatic carbocycles. The van der Waals surface area contributed by atoms with Gasteiger partial charge in [-0.15, -0.1) is 0 Å². The summed E-state index contributed by atoms with van der Waals surface area (Å²) in [4.78, 5) is 12.9. The summed E-state index contributed by atoms with van der Waals surface area (Å²) in [5, 5.41) is 11.4. The van der Waals surface area contributed by atoms with E-state index in [1.165, 1.54) is 22.3 Å². The summed E-state index contributed by atoms with van der Waals surface area (Å²) < 4.78 is 24.0. The second-order valence-corrected chi connectivity index (χ2v) is 31.7. The maximum atomic E-state index is 12.9. The molecule has 0 heterocycles. The summed E-state index contributed by atoms with van der Waals surface area (Å²) in [6.45, 7) is 29.3. The molecular formula is C51H86O6Si2. The molecule has 1 N–H and O–H groups in total. The van der Waals surface area contributed by atoms with Crippen molar-refractivity contribution >= 4 is 22.4 Å². The van der Waals surface area contributed by atoms with Gasteiger partial charge in [-0.3, -0.25) is 4.79 Å². The number of hydrogen-bond acceptors (Lipinski definition) is 6. The fourth-order valence-electron chi connectivity index (χ4n) is 10.0. The number of rotatable bonds is 14. The average Bonchev–Trinajstić information content (AvgIpc) is 3.63. The lowest BCUT2D eigenvalue weighted by molar-refractivity contribution is -0.121. The van der Waals surface area contributed by atoms with Crippen LogP contribution in [0.4, 0.5) is 0 Å². The first-order valence-electron chi connectivity index (χ1n) is 22.8. The normalized spacial score (nSPS) is 26.3. The number of Topliss-reactive ketones (excluding diaryl/α,β-unsaturated/α-hetero) is 1. The zero-order chi connectivity index (χ0) is 42.8. The summed E-state index contributed by atoms with van der Waals surface area (Å²) in [7, 11) is 0.136. The van der Waals surface area contributed by atoms with E-state index < -0.39 is 16.6 Å². The molecule has 0 saturated heterocycles. The summed E-state index contributed by atoms with van der Waals surface area (Å²) in [6.07, 6.45) is 10.1. The van der Waals surface area contributed by atoms with E-state index in [2.05, 4.69) is 118 Å². The quantitative estimate of drug-likeness (QED) is 0.191. The van der Waals surface area contributed by atoms with Crippen LogP contribution in [0.2, 0.25) is 36.3 Å². The van der Waals surface area contributed by atoms with Crippen LogP contribution in [0.15, 0.2) is 36.4 Å². The van der Waals surface area contributed by atoms with Gasteiger partial charge in [0.05, 0.1) is 20.3 Å². The van der Waals surface area contributed by atoms with Gasteiger partial charge in [-0.25, -0.2) is 0 Å². The summed E-state index contributed by atoms with van der Waals surface area (Å²) in [6, 6.07) is 12.8. The van der Waals surface area contributed by atoms with Gasteiger partial charge < -0.3 is 23.4 Å². The Hall–Kier alpha value is -1.98. The van der Waals surface area contributed by atoms with Crippen molar-refractivity contribution in [1.82, 2.24) is 0 Å². The van der Waals surface area contributed by atoms with Gasteiger partial charge in [0, 0.05) is 25.6 Å². The van der Waals surface area contributed by atoms with Crippen LogP contribution in [0, 0.1) is 47.3 Å².